The lowest BCUT2D eigenvalue weighted by Crippen LogP contribution is -2.57. The number of hydrogen-bond donors (Lipinski definition) is 3. The second-order valence-corrected chi connectivity index (χ2v) is 14.0. The predicted octanol–water partition coefficient (Wildman–Crippen LogP) is 4.02. The molecule has 4 aliphatic carbocycles. The van der Waals surface area contributed by atoms with Crippen molar-refractivity contribution in [3.63, 3.8) is 0 Å². The molecule has 5 amide bonds. The summed E-state index contributed by atoms with van der Waals surface area (Å²) in [7, 11) is 0. The summed E-state index contributed by atoms with van der Waals surface area (Å²) < 4.78 is 5.62. The van der Waals surface area contributed by atoms with E-state index in [1.54, 1.807) is 55.5 Å². The zero-order chi connectivity index (χ0) is 33.5. The molecule has 12 nitrogen and oxygen atoms in total. The summed E-state index contributed by atoms with van der Waals surface area (Å²) in [6, 6.07) is 13.1. The van der Waals surface area contributed by atoms with Crippen LogP contribution in [0.4, 0.5) is 9.59 Å². The van der Waals surface area contributed by atoms with E-state index in [0.717, 1.165) is 36.8 Å². The normalized spacial score (nSPS) is 28.4. The van der Waals surface area contributed by atoms with Crippen molar-refractivity contribution in [1.82, 2.24) is 20.2 Å². The van der Waals surface area contributed by atoms with Gasteiger partial charge in [-0.05, 0) is 79.9 Å². The van der Waals surface area contributed by atoms with Crippen LogP contribution in [0.3, 0.4) is 0 Å². The molecule has 2 atom stereocenters. The minimum Gasteiger partial charge on any atom is -0.480 e. The van der Waals surface area contributed by atoms with E-state index in [9.17, 15) is 34.2 Å². The van der Waals surface area contributed by atoms with Gasteiger partial charge in [-0.25, -0.2) is 19.4 Å². The number of ether oxygens (including phenoxy) is 1. The van der Waals surface area contributed by atoms with E-state index in [4.69, 9.17) is 4.74 Å². The van der Waals surface area contributed by atoms with Gasteiger partial charge >= 0.3 is 18.1 Å². The molecule has 1 aliphatic heterocycles. The molecule has 47 heavy (non-hydrogen) atoms. The van der Waals surface area contributed by atoms with Crippen LogP contribution in [0.25, 0.3) is 0 Å². The number of imide groups is 1. The number of carboxylic acids is 1. The largest absolute Gasteiger partial charge is 0.480 e. The van der Waals surface area contributed by atoms with Gasteiger partial charge in [0, 0.05) is 18.9 Å². The molecule has 0 spiro atoms. The van der Waals surface area contributed by atoms with Crippen LogP contribution in [0, 0.1) is 23.2 Å². The highest BCUT2D eigenvalue weighted by atomic mass is 16.5. The number of hydrazine groups is 1. The van der Waals surface area contributed by atoms with Crippen molar-refractivity contribution < 1.29 is 38.9 Å². The summed E-state index contributed by atoms with van der Waals surface area (Å²) in [5.41, 5.74) is 0.118. The van der Waals surface area contributed by atoms with Crippen LogP contribution >= 0.6 is 0 Å². The molecule has 1 saturated heterocycles. The number of aliphatic hydroxyl groups is 1. The molecule has 1 heterocycles. The first kappa shape index (κ1) is 32.5. The van der Waals surface area contributed by atoms with E-state index >= 15 is 0 Å². The Morgan fingerprint density at radius 3 is 2.09 bits per heavy atom. The number of nitrogens with zero attached hydrogens (tertiary/aromatic N) is 3. The number of rotatable bonds is 11. The molecular formula is C35H42N4O8. The number of aliphatic hydroxyl groups excluding tert-OH is 1. The topological polar surface area (TPSA) is 157 Å². The van der Waals surface area contributed by atoms with Crippen LogP contribution in [0.15, 0.2) is 54.6 Å². The van der Waals surface area contributed by atoms with Gasteiger partial charge in [0.05, 0.1) is 19.8 Å². The minimum absolute atomic E-state index is 0.0170. The number of carbonyl (C=O) groups excluding carboxylic acids is 4. The molecule has 0 radical (unpaired) electrons. The van der Waals surface area contributed by atoms with Gasteiger partial charge in [-0.1, -0.05) is 54.6 Å². The van der Waals surface area contributed by atoms with Gasteiger partial charge in [-0.3, -0.25) is 14.5 Å². The highest BCUT2D eigenvalue weighted by molar-refractivity contribution is 6.08. The number of aliphatic carboxylic acids is 1. The van der Waals surface area contributed by atoms with Crippen molar-refractivity contribution in [3.05, 3.63) is 71.3 Å². The third-order valence-corrected chi connectivity index (χ3v) is 10.7. The van der Waals surface area contributed by atoms with Crippen molar-refractivity contribution in [2.24, 2.45) is 23.2 Å². The Labute approximate surface area is 273 Å². The fraction of sp³-hybridized carbons (Fsp3) is 0.514. The molecule has 7 rings (SSSR count). The smallest absolute Gasteiger partial charge is 0.407 e. The number of nitrogens with one attached hydrogen (secondary N) is 1. The second kappa shape index (κ2) is 12.6. The van der Waals surface area contributed by atoms with E-state index in [-0.39, 0.29) is 25.2 Å². The predicted molar refractivity (Wildman–Crippen MR) is 168 cm³/mol. The van der Waals surface area contributed by atoms with Gasteiger partial charge in [0.2, 0.25) is 5.91 Å². The zero-order valence-corrected chi connectivity index (χ0v) is 26.8. The van der Waals surface area contributed by atoms with Gasteiger partial charge < -0.3 is 20.3 Å². The minimum atomic E-state index is -1.67. The van der Waals surface area contributed by atoms with Crippen molar-refractivity contribution in [2.75, 3.05) is 13.2 Å². The van der Waals surface area contributed by atoms with Crippen LogP contribution in [0.2, 0.25) is 0 Å². The molecule has 5 fully saturated rings. The molecule has 250 valence electrons. The average molecular weight is 647 g/mol. The number of carboxylic acid groups (broad SMARTS) is 1. The lowest BCUT2D eigenvalue weighted by molar-refractivity contribution is -0.158. The van der Waals surface area contributed by atoms with E-state index in [1.165, 1.54) is 24.2 Å². The Morgan fingerprint density at radius 2 is 1.55 bits per heavy atom. The highest BCUT2D eigenvalue weighted by Gasteiger charge is 2.58. The van der Waals surface area contributed by atoms with Crippen molar-refractivity contribution in [2.45, 2.75) is 77.1 Å². The lowest BCUT2D eigenvalue weighted by atomic mass is 9.50. The summed E-state index contributed by atoms with van der Waals surface area (Å²) in [5.74, 6) is -1.02. The van der Waals surface area contributed by atoms with Crippen LogP contribution in [0.5, 0.6) is 0 Å². The Morgan fingerprint density at radius 1 is 0.957 bits per heavy atom. The van der Waals surface area contributed by atoms with E-state index in [2.05, 4.69) is 5.32 Å². The summed E-state index contributed by atoms with van der Waals surface area (Å²) in [6.45, 7) is 2.01. The molecule has 4 bridgehead atoms. The molecular weight excluding hydrogens is 604 g/mol. The van der Waals surface area contributed by atoms with Crippen LogP contribution in [-0.4, -0.2) is 74.2 Å². The van der Waals surface area contributed by atoms with E-state index in [1.807, 2.05) is 6.07 Å². The number of alkyl carbamates (subject to hydrolysis) is 1. The third-order valence-electron chi connectivity index (χ3n) is 10.7. The van der Waals surface area contributed by atoms with Gasteiger partial charge in [-0.15, -0.1) is 0 Å². The number of hydrogen-bond acceptors (Lipinski definition) is 7. The second-order valence-electron chi connectivity index (χ2n) is 14.0. The SMILES string of the molecule is CC(=O)N(C[C@H](NC(=O)OCC12CC3CC(CC(C3)C1)C2)C(=O)O)N1C(=O)N(Cc2ccccc2)[C@@](C)(c2ccc(CO)cc2)C1=O. The number of carbonyl (C=O) groups is 5. The number of urea groups is 1. The van der Waals surface area contributed by atoms with Gasteiger partial charge in [0.1, 0.15) is 11.6 Å². The molecule has 2 aromatic rings. The molecule has 0 aromatic heterocycles. The quantitative estimate of drug-likeness (QED) is 0.309. The van der Waals surface area contributed by atoms with Crippen molar-refractivity contribution in [1.29, 1.82) is 0 Å². The van der Waals surface area contributed by atoms with Crippen molar-refractivity contribution >= 4 is 29.9 Å². The highest BCUT2D eigenvalue weighted by Crippen LogP contribution is 2.60. The van der Waals surface area contributed by atoms with E-state index in [0.29, 0.717) is 33.9 Å². The van der Waals surface area contributed by atoms with Crippen molar-refractivity contribution in [3.8, 4) is 0 Å². The Kier molecular flexibility index (Phi) is 8.73. The molecule has 12 heteroatoms. The third kappa shape index (κ3) is 6.18. The fourth-order valence-electron chi connectivity index (χ4n) is 8.71. The Hall–Kier alpha value is -4.45. The van der Waals surface area contributed by atoms with E-state index < -0.39 is 48.0 Å². The monoisotopic (exact) mass is 646 g/mol. The maximum atomic E-state index is 14.3. The first-order valence-corrected chi connectivity index (χ1v) is 16.3. The fourth-order valence-corrected chi connectivity index (χ4v) is 8.71. The van der Waals surface area contributed by atoms with Crippen LogP contribution < -0.4 is 5.32 Å². The summed E-state index contributed by atoms with van der Waals surface area (Å²) in [4.78, 5) is 68.1. The number of benzene rings is 2. The van der Waals surface area contributed by atoms with Gasteiger partial charge in [-0.2, -0.15) is 5.01 Å². The standard InChI is InChI=1S/C35H42N4O8/c1-22(41)38(19-29(30(42)43)36-32(45)47-21-35-15-25-12-26(16-35)14-27(13-25)17-35)39-31(44)34(2,28-10-8-24(20-40)9-11-28)37(33(39)46)18-23-6-4-3-5-7-23/h3-11,25-27,29,40H,12-21H2,1-2H3,(H,36,45)(H,42,43)/t25?,26?,27?,29-,34-,35?/m0/s1. The summed E-state index contributed by atoms with van der Waals surface area (Å²) in [5, 5.41) is 23.4. The maximum absolute atomic E-state index is 14.3. The summed E-state index contributed by atoms with van der Waals surface area (Å²) >= 11 is 0. The summed E-state index contributed by atoms with van der Waals surface area (Å²) in [6.07, 6.45) is 5.80. The van der Waals surface area contributed by atoms with Gasteiger partial charge in [0.15, 0.2) is 0 Å². The van der Waals surface area contributed by atoms with Crippen LogP contribution in [-0.2, 0) is 37.8 Å². The zero-order valence-electron chi connectivity index (χ0n) is 26.8. The molecule has 2 aromatic carbocycles. The van der Waals surface area contributed by atoms with Gasteiger partial charge in [0.25, 0.3) is 5.91 Å². The molecule has 0 unspecified atom stereocenters. The number of amides is 5. The molecule has 4 saturated carbocycles. The first-order chi connectivity index (χ1) is 22.4. The Bertz CT molecular complexity index is 1510. The molecule has 5 aliphatic rings. The average Bonchev–Trinajstić information content (AvgIpc) is 3.22. The van der Waals surface area contributed by atoms with Crippen LogP contribution in [0.1, 0.15) is 69.1 Å². The first-order valence-electron chi connectivity index (χ1n) is 16.3. The molecule has 3 N–H and O–H groups in total. The lowest BCUT2D eigenvalue weighted by Gasteiger charge is -2.56. The maximum Gasteiger partial charge on any atom is 0.407 e. The Balaban J connectivity index is 1.22.